The SMILES string of the molecule is NC(=O)c1ccccc1OCCOCCF. The number of hydrogen-bond acceptors (Lipinski definition) is 3. The number of benzene rings is 1. The van der Waals surface area contributed by atoms with Gasteiger partial charge in [0.1, 0.15) is 19.0 Å². The van der Waals surface area contributed by atoms with Gasteiger partial charge in [-0.1, -0.05) is 12.1 Å². The molecule has 0 saturated heterocycles. The van der Waals surface area contributed by atoms with Crippen LogP contribution in [0.15, 0.2) is 24.3 Å². The van der Waals surface area contributed by atoms with Gasteiger partial charge in [-0.2, -0.15) is 0 Å². The number of carbonyl (C=O) groups excluding carboxylic acids is 1. The number of carbonyl (C=O) groups is 1. The molecule has 0 bridgehead atoms. The Morgan fingerprint density at radius 1 is 1.25 bits per heavy atom. The number of primary amides is 1. The minimum absolute atomic E-state index is 0.0564. The van der Waals surface area contributed by atoms with E-state index in [0.717, 1.165) is 0 Å². The fraction of sp³-hybridized carbons (Fsp3) is 0.364. The molecule has 2 N–H and O–H groups in total. The average Bonchev–Trinajstić information content (AvgIpc) is 2.29. The minimum Gasteiger partial charge on any atom is -0.490 e. The van der Waals surface area contributed by atoms with Gasteiger partial charge in [-0.3, -0.25) is 4.79 Å². The lowest BCUT2D eigenvalue weighted by atomic mass is 10.2. The maximum absolute atomic E-state index is 11.7. The van der Waals surface area contributed by atoms with E-state index < -0.39 is 12.6 Å². The highest BCUT2D eigenvalue weighted by Crippen LogP contribution is 2.16. The third-order valence-electron chi connectivity index (χ3n) is 1.86. The fourth-order valence-corrected chi connectivity index (χ4v) is 1.16. The molecule has 0 aliphatic heterocycles. The van der Waals surface area contributed by atoms with Crippen LogP contribution in [0.4, 0.5) is 4.39 Å². The zero-order valence-electron chi connectivity index (χ0n) is 8.82. The number of rotatable bonds is 7. The Labute approximate surface area is 93.2 Å². The highest BCUT2D eigenvalue weighted by atomic mass is 19.1. The molecule has 0 unspecified atom stereocenters. The molecule has 1 aromatic carbocycles. The van der Waals surface area contributed by atoms with E-state index in [1.807, 2.05) is 0 Å². The van der Waals surface area contributed by atoms with Gasteiger partial charge in [0.2, 0.25) is 0 Å². The van der Waals surface area contributed by atoms with Crippen molar-refractivity contribution in [3.63, 3.8) is 0 Å². The Bertz CT molecular complexity index is 344. The van der Waals surface area contributed by atoms with Gasteiger partial charge < -0.3 is 15.2 Å². The summed E-state index contributed by atoms with van der Waals surface area (Å²) in [6.07, 6.45) is 0. The van der Waals surface area contributed by atoms with E-state index in [4.69, 9.17) is 15.2 Å². The second kappa shape index (κ2) is 6.79. The Morgan fingerprint density at radius 3 is 2.69 bits per heavy atom. The van der Waals surface area contributed by atoms with Crippen LogP contribution in [0.2, 0.25) is 0 Å². The highest BCUT2D eigenvalue weighted by Gasteiger charge is 2.07. The first kappa shape index (κ1) is 12.4. The molecule has 1 rings (SSSR count). The third kappa shape index (κ3) is 3.86. The topological polar surface area (TPSA) is 61.6 Å². The molecule has 4 nitrogen and oxygen atoms in total. The molecule has 0 aromatic heterocycles. The number of ether oxygens (including phenoxy) is 2. The second-order valence-corrected chi connectivity index (χ2v) is 3.01. The summed E-state index contributed by atoms with van der Waals surface area (Å²) in [5.41, 5.74) is 5.49. The van der Waals surface area contributed by atoms with E-state index in [9.17, 15) is 9.18 Å². The molecule has 88 valence electrons. The molecular weight excluding hydrogens is 213 g/mol. The molecule has 0 aliphatic rings. The molecule has 1 amide bonds. The monoisotopic (exact) mass is 227 g/mol. The van der Waals surface area contributed by atoms with Crippen molar-refractivity contribution in [1.29, 1.82) is 0 Å². The van der Waals surface area contributed by atoms with Crippen LogP contribution in [-0.4, -0.2) is 32.4 Å². The van der Waals surface area contributed by atoms with Gasteiger partial charge in [0.25, 0.3) is 5.91 Å². The van der Waals surface area contributed by atoms with Crippen molar-refractivity contribution < 1.29 is 18.7 Å². The van der Waals surface area contributed by atoms with Crippen LogP contribution >= 0.6 is 0 Å². The summed E-state index contributed by atoms with van der Waals surface area (Å²) in [6.45, 7) is 0.0695. The first-order valence-electron chi connectivity index (χ1n) is 4.91. The van der Waals surface area contributed by atoms with Crippen LogP contribution in [-0.2, 0) is 4.74 Å². The van der Waals surface area contributed by atoms with Crippen LogP contribution in [0.1, 0.15) is 10.4 Å². The second-order valence-electron chi connectivity index (χ2n) is 3.01. The molecule has 0 saturated carbocycles. The van der Waals surface area contributed by atoms with Crippen LogP contribution in [0.25, 0.3) is 0 Å². The van der Waals surface area contributed by atoms with Crippen molar-refractivity contribution in [2.45, 2.75) is 0 Å². The number of halogens is 1. The maximum atomic E-state index is 11.7. The van der Waals surface area contributed by atoms with Crippen molar-refractivity contribution in [2.24, 2.45) is 5.73 Å². The lowest BCUT2D eigenvalue weighted by Crippen LogP contribution is -2.14. The molecule has 0 fully saturated rings. The normalized spacial score (nSPS) is 10.1. The Balaban J connectivity index is 2.44. The van der Waals surface area contributed by atoms with Gasteiger partial charge in [-0.15, -0.1) is 0 Å². The van der Waals surface area contributed by atoms with E-state index in [-0.39, 0.29) is 19.8 Å². The Morgan fingerprint density at radius 2 is 2.00 bits per heavy atom. The van der Waals surface area contributed by atoms with E-state index in [1.165, 1.54) is 0 Å². The lowest BCUT2D eigenvalue weighted by Gasteiger charge is -2.09. The largest absolute Gasteiger partial charge is 0.490 e. The molecule has 5 heteroatoms. The first-order chi connectivity index (χ1) is 7.75. The molecular formula is C11H14FNO3. The standard InChI is InChI=1S/C11H14FNO3/c12-5-6-15-7-8-16-10-4-2-1-3-9(10)11(13)14/h1-4H,5-8H2,(H2,13,14). The van der Waals surface area contributed by atoms with Crippen molar-refractivity contribution in [3.05, 3.63) is 29.8 Å². The molecule has 0 aliphatic carbocycles. The molecule has 0 atom stereocenters. The van der Waals surface area contributed by atoms with Gasteiger partial charge in [0, 0.05) is 0 Å². The number of alkyl halides is 1. The summed E-state index contributed by atoms with van der Waals surface area (Å²) in [5, 5.41) is 0. The van der Waals surface area contributed by atoms with Gasteiger partial charge in [0.05, 0.1) is 18.8 Å². The van der Waals surface area contributed by atoms with E-state index >= 15 is 0 Å². The summed E-state index contributed by atoms with van der Waals surface area (Å²) >= 11 is 0. The molecule has 0 spiro atoms. The quantitative estimate of drug-likeness (QED) is 0.711. The Hall–Kier alpha value is -1.62. The maximum Gasteiger partial charge on any atom is 0.252 e. The lowest BCUT2D eigenvalue weighted by molar-refractivity contribution is 0.0882. The molecule has 1 aromatic rings. The molecule has 16 heavy (non-hydrogen) atoms. The van der Waals surface area contributed by atoms with Crippen LogP contribution < -0.4 is 10.5 Å². The summed E-state index contributed by atoms with van der Waals surface area (Å²) in [5.74, 6) is -0.126. The van der Waals surface area contributed by atoms with E-state index in [0.29, 0.717) is 11.3 Å². The third-order valence-corrected chi connectivity index (χ3v) is 1.86. The predicted molar refractivity (Wildman–Crippen MR) is 57.2 cm³/mol. The average molecular weight is 227 g/mol. The minimum atomic E-state index is -0.541. The zero-order chi connectivity index (χ0) is 11.8. The highest BCUT2D eigenvalue weighted by molar-refractivity contribution is 5.95. The van der Waals surface area contributed by atoms with Crippen molar-refractivity contribution in [1.82, 2.24) is 0 Å². The van der Waals surface area contributed by atoms with Gasteiger partial charge >= 0.3 is 0 Å². The fourth-order valence-electron chi connectivity index (χ4n) is 1.16. The Kier molecular flexibility index (Phi) is 5.28. The van der Waals surface area contributed by atoms with Crippen molar-refractivity contribution in [3.8, 4) is 5.75 Å². The van der Waals surface area contributed by atoms with Gasteiger partial charge in [0.15, 0.2) is 0 Å². The van der Waals surface area contributed by atoms with Crippen LogP contribution in [0.3, 0.4) is 0 Å². The van der Waals surface area contributed by atoms with E-state index in [1.54, 1.807) is 24.3 Å². The van der Waals surface area contributed by atoms with Crippen molar-refractivity contribution in [2.75, 3.05) is 26.5 Å². The van der Waals surface area contributed by atoms with Crippen molar-refractivity contribution >= 4 is 5.91 Å². The smallest absolute Gasteiger partial charge is 0.252 e. The molecule has 0 heterocycles. The van der Waals surface area contributed by atoms with Crippen LogP contribution in [0.5, 0.6) is 5.75 Å². The summed E-state index contributed by atoms with van der Waals surface area (Å²) in [4.78, 5) is 11.0. The predicted octanol–water partition coefficient (Wildman–Crippen LogP) is 1.15. The summed E-state index contributed by atoms with van der Waals surface area (Å²) in [7, 11) is 0. The van der Waals surface area contributed by atoms with Gasteiger partial charge in [-0.05, 0) is 12.1 Å². The van der Waals surface area contributed by atoms with Gasteiger partial charge in [-0.25, -0.2) is 4.39 Å². The molecule has 0 radical (unpaired) electrons. The number of para-hydroxylation sites is 1. The number of amides is 1. The number of hydrogen-bond donors (Lipinski definition) is 1. The van der Waals surface area contributed by atoms with E-state index in [2.05, 4.69) is 0 Å². The van der Waals surface area contributed by atoms with Crippen LogP contribution in [0, 0.1) is 0 Å². The zero-order valence-corrected chi connectivity index (χ0v) is 8.82. The first-order valence-corrected chi connectivity index (χ1v) is 4.91. The summed E-state index contributed by atoms with van der Waals surface area (Å²) in [6, 6.07) is 6.67. The summed E-state index contributed by atoms with van der Waals surface area (Å²) < 4.78 is 21.9. The number of nitrogens with two attached hydrogens (primary N) is 1.